The molecule has 1 aliphatic heterocycles. The lowest BCUT2D eigenvalue weighted by Gasteiger charge is -2.47. The highest BCUT2D eigenvalue weighted by Crippen LogP contribution is 2.38. The summed E-state index contributed by atoms with van der Waals surface area (Å²) in [5.41, 5.74) is 6.79. The summed E-state index contributed by atoms with van der Waals surface area (Å²) in [6, 6.07) is 0. The van der Waals surface area contributed by atoms with E-state index in [4.69, 9.17) is 5.73 Å². The zero-order chi connectivity index (χ0) is 12.5. The molecule has 3 nitrogen and oxygen atoms in total. The number of piperazine rings is 1. The van der Waals surface area contributed by atoms with Crippen molar-refractivity contribution in [3.8, 4) is 0 Å². The van der Waals surface area contributed by atoms with Crippen molar-refractivity contribution in [1.29, 1.82) is 0 Å². The minimum Gasteiger partial charge on any atom is -0.330 e. The largest absolute Gasteiger partial charge is 0.330 e. The number of rotatable bonds is 3. The fourth-order valence-electron chi connectivity index (χ4n) is 3.50. The highest BCUT2D eigenvalue weighted by Gasteiger charge is 2.38. The van der Waals surface area contributed by atoms with Gasteiger partial charge in [0.15, 0.2) is 0 Å². The van der Waals surface area contributed by atoms with Crippen molar-refractivity contribution in [2.75, 3.05) is 39.8 Å². The quantitative estimate of drug-likeness (QED) is 0.811. The van der Waals surface area contributed by atoms with Crippen molar-refractivity contribution >= 4 is 0 Å². The van der Waals surface area contributed by atoms with Crippen LogP contribution in [0.1, 0.15) is 39.5 Å². The van der Waals surface area contributed by atoms with E-state index in [9.17, 15) is 0 Å². The fraction of sp³-hybridized carbons (Fsp3) is 1.00. The number of nitrogens with zero attached hydrogens (tertiary/aromatic N) is 2. The van der Waals surface area contributed by atoms with Crippen molar-refractivity contribution < 1.29 is 0 Å². The summed E-state index contributed by atoms with van der Waals surface area (Å²) in [6.45, 7) is 10.4. The molecule has 1 aliphatic carbocycles. The Morgan fingerprint density at radius 3 is 2.29 bits per heavy atom. The van der Waals surface area contributed by atoms with E-state index in [1.54, 1.807) is 0 Å². The van der Waals surface area contributed by atoms with Gasteiger partial charge in [-0.2, -0.15) is 0 Å². The molecular weight excluding hydrogens is 210 g/mol. The summed E-state index contributed by atoms with van der Waals surface area (Å²) >= 11 is 0. The van der Waals surface area contributed by atoms with Gasteiger partial charge < -0.3 is 5.73 Å². The van der Waals surface area contributed by atoms with Crippen LogP contribution in [0.4, 0.5) is 0 Å². The average Bonchev–Trinajstić information content (AvgIpc) is 2.72. The van der Waals surface area contributed by atoms with Crippen LogP contribution >= 0.6 is 0 Å². The van der Waals surface area contributed by atoms with Gasteiger partial charge in [0.05, 0.1) is 0 Å². The lowest BCUT2D eigenvalue weighted by atomic mass is 9.84. The van der Waals surface area contributed by atoms with Crippen LogP contribution in [-0.2, 0) is 0 Å². The van der Waals surface area contributed by atoms with E-state index in [1.165, 1.54) is 51.9 Å². The summed E-state index contributed by atoms with van der Waals surface area (Å²) in [4.78, 5) is 5.13. The smallest absolute Gasteiger partial charge is 0.0277 e. The molecule has 2 rings (SSSR count). The van der Waals surface area contributed by atoms with E-state index >= 15 is 0 Å². The van der Waals surface area contributed by atoms with Crippen LogP contribution in [0.3, 0.4) is 0 Å². The number of nitrogens with two attached hydrogens (primary N) is 1. The molecule has 0 aromatic rings. The zero-order valence-electron chi connectivity index (χ0n) is 11.8. The van der Waals surface area contributed by atoms with Crippen LogP contribution in [0.25, 0.3) is 0 Å². The van der Waals surface area contributed by atoms with Gasteiger partial charge in [-0.05, 0) is 45.7 Å². The van der Waals surface area contributed by atoms with Gasteiger partial charge in [0, 0.05) is 31.7 Å². The SMILES string of the molecule is CN1CCN(CC2(CN)CCCC2)CC1(C)C. The Morgan fingerprint density at radius 1 is 1.12 bits per heavy atom. The Bertz CT molecular complexity index is 256. The first-order valence-corrected chi connectivity index (χ1v) is 7.11. The van der Waals surface area contributed by atoms with E-state index in [1.807, 2.05) is 0 Å². The second-order valence-electron chi connectivity index (χ2n) is 6.86. The molecule has 2 aliphatic rings. The van der Waals surface area contributed by atoms with Crippen molar-refractivity contribution in [3.63, 3.8) is 0 Å². The van der Waals surface area contributed by atoms with Crippen LogP contribution < -0.4 is 5.73 Å². The minimum atomic E-state index is 0.312. The first-order valence-electron chi connectivity index (χ1n) is 7.11. The van der Waals surface area contributed by atoms with E-state index in [-0.39, 0.29) is 0 Å². The Labute approximate surface area is 106 Å². The van der Waals surface area contributed by atoms with E-state index in [0.717, 1.165) is 6.54 Å². The Balaban J connectivity index is 1.95. The highest BCUT2D eigenvalue weighted by atomic mass is 15.3. The molecule has 2 N–H and O–H groups in total. The van der Waals surface area contributed by atoms with E-state index < -0.39 is 0 Å². The molecule has 1 heterocycles. The van der Waals surface area contributed by atoms with Gasteiger partial charge >= 0.3 is 0 Å². The first-order chi connectivity index (χ1) is 7.97. The van der Waals surface area contributed by atoms with Gasteiger partial charge in [-0.15, -0.1) is 0 Å². The zero-order valence-corrected chi connectivity index (χ0v) is 11.8. The third-order valence-electron chi connectivity index (χ3n) is 5.05. The lowest BCUT2D eigenvalue weighted by Crippen LogP contribution is -2.59. The van der Waals surface area contributed by atoms with Crippen LogP contribution in [0.5, 0.6) is 0 Å². The summed E-state index contributed by atoms with van der Waals surface area (Å²) in [5, 5.41) is 0. The molecule has 3 heteroatoms. The highest BCUT2D eigenvalue weighted by molar-refractivity contribution is 4.93. The summed E-state index contributed by atoms with van der Waals surface area (Å²) in [7, 11) is 2.24. The molecule has 0 bridgehead atoms. The molecule has 1 saturated heterocycles. The Hall–Kier alpha value is -0.120. The van der Waals surface area contributed by atoms with E-state index in [0.29, 0.717) is 11.0 Å². The van der Waals surface area contributed by atoms with Crippen LogP contribution in [0.15, 0.2) is 0 Å². The maximum absolute atomic E-state index is 6.04. The predicted octanol–water partition coefficient (Wildman–Crippen LogP) is 1.53. The second kappa shape index (κ2) is 4.87. The van der Waals surface area contributed by atoms with Crippen LogP contribution in [0, 0.1) is 5.41 Å². The second-order valence-corrected chi connectivity index (χ2v) is 6.86. The molecule has 0 aromatic carbocycles. The summed E-state index contributed by atoms with van der Waals surface area (Å²) in [6.07, 6.45) is 5.45. The van der Waals surface area contributed by atoms with Gasteiger partial charge in [-0.1, -0.05) is 12.8 Å². The molecule has 0 amide bonds. The normalized spacial score (nSPS) is 29.6. The van der Waals surface area contributed by atoms with Gasteiger partial charge in [0.1, 0.15) is 0 Å². The molecule has 17 heavy (non-hydrogen) atoms. The third-order valence-corrected chi connectivity index (χ3v) is 5.05. The van der Waals surface area contributed by atoms with Crippen LogP contribution in [-0.4, -0.2) is 55.1 Å². The van der Waals surface area contributed by atoms with Gasteiger partial charge in [0.2, 0.25) is 0 Å². The summed E-state index contributed by atoms with van der Waals surface area (Å²) < 4.78 is 0. The van der Waals surface area contributed by atoms with Gasteiger partial charge in [0.25, 0.3) is 0 Å². The predicted molar refractivity (Wildman–Crippen MR) is 73.1 cm³/mol. The lowest BCUT2D eigenvalue weighted by molar-refractivity contribution is 0.0181. The molecule has 0 radical (unpaired) electrons. The molecule has 100 valence electrons. The van der Waals surface area contributed by atoms with Crippen molar-refractivity contribution in [2.24, 2.45) is 11.1 Å². The topological polar surface area (TPSA) is 32.5 Å². The minimum absolute atomic E-state index is 0.312. The Kier molecular flexibility index (Phi) is 3.81. The van der Waals surface area contributed by atoms with E-state index in [2.05, 4.69) is 30.7 Å². The van der Waals surface area contributed by atoms with Crippen molar-refractivity contribution in [3.05, 3.63) is 0 Å². The maximum atomic E-state index is 6.04. The molecule has 0 unspecified atom stereocenters. The van der Waals surface area contributed by atoms with Crippen molar-refractivity contribution in [2.45, 2.75) is 45.1 Å². The number of hydrogen-bond donors (Lipinski definition) is 1. The Morgan fingerprint density at radius 2 is 1.76 bits per heavy atom. The monoisotopic (exact) mass is 239 g/mol. The molecule has 1 saturated carbocycles. The molecule has 0 spiro atoms. The average molecular weight is 239 g/mol. The van der Waals surface area contributed by atoms with Gasteiger partial charge in [-0.3, -0.25) is 9.80 Å². The number of likely N-dealkylation sites (N-methyl/N-ethyl adjacent to an activating group) is 1. The molecule has 2 fully saturated rings. The van der Waals surface area contributed by atoms with Crippen LogP contribution in [0.2, 0.25) is 0 Å². The molecular formula is C14H29N3. The first kappa shape index (κ1) is 13.3. The molecule has 0 atom stereocenters. The third kappa shape index (κ3) is 2.83. The standard InChI is InChI=1S/C14H29N3/c1-13(2)11-17(9-8-16(13)3)12-14(10-15)6-4-5-7-14/h4-12,15H2,1-3H3. The maximum Gasteiger partial charge on any atom is 0.0277 e. The van der Waals surface area contributed by atoms with Crippen molar-refractivity contribution in [1.82, 2.24) is 9.80 Å². The summed E-state index contributed by atoms with van der Waals surface area (Å²) in [5.74, 6) is 0. The molecule has 0 aromatic heterocycles. The number of hydrogen-bond acceptors (Lipinski definition) is 3. The fourth-order valence-corrected chi connectivity index (χ4v) is 3.50. The van der Waals surface area contributed by atoms with Gasteiger partial charge in [-0.25, -0.2) is 0 Å².